The van der Waals surface area contributed by atoms with Crippen molar-refractivity contribution in [2.75, 3.05) is 5.32 Å². The van der Waals surface area contributed by atoms with Gasteiger partial charge in [-0.2, -0.15) is 0 Å². The molecule has 3 nitrogen and oxygen atoms in total. The summed E-state index contributed by atoms with van der Waals surface area (Å²) < 4.78 is 7.04. The number of carbonyl (C=O) groups is 1. The first kappa shape index (κ1) is 14.3. The summed E-state index contributed by atoms with van der Waals surface area (Å²) in [4.78, 5) is 11.7. The van der Waals surface area contributed by atoms with E-state index in [0.29, 0.717) is 0 Å². The van der Waals surface area contributed by atoms with Gasteiger partial charge in [0.25, 0.3) is 0 Å². The van der Waals surface area contributed by atoms with Crippen molar-refractivity contribution in [1.82, 2.24) is 0 Å². The number of ether oxygens (including phenoxy) is 1. The molecule has 2 rings (SSSR count). The predicted molar refractivity (Wildman–Crippen MR) is 87.1 cm³/mol. The zero-order valence-corrected chi connectivity index (χ0v) is 13.6. The van der Waals surface area contributed by atoms with Crippen LogP contribution in [0.25, 0.3) is 0 Å². The first-order valence-electron chi connectivity index (χ1n) is 5.58. The normalized spacial score (nSPS) is 10.0. The lowest BCUT2D eigenvalue weighted by Gasteiger charge is -2.09. The fourth-order valence-electron chi connectivity index (χ4n) is 1.47. The molecular formula is C14H11BrINO2. The van der Waals surface area contributed by atoms with Crippen LogP contribution in [0.15, 0.2) is 53.0 Å². The summed E-state index contributed by atoms with van der Waals surface area (Å²) >= 11 is 5.57. The van der Waals surface area contributed by atoms with Crippen molar-refractivity contribution in [3.05, 3.63) is 62.1 Å². The molecule has 0 heterocycles. The molecule has 0 spiro atoms. The minimum Gasteiger partial charge on any atom is -0.444 e. The summed E-state index contributed by atoms with van der Waals surface area (Å²) in [5.74, 6) is 0. The zero-order chi connectivity index (χ0) is 13.7. The number of amides is 1. The Balaban J connectivity index is 1.93. The van der Waals surface area contributed by atoms with E-state index in [0.717, 1.165) is 19.3 Å². The van der Waals surface area contributed by atoms with E-state index in [9.17, 15) is 4.79 Å². The maximum Gasteiger partial charge on any atom is 0.411 e. The Hall–Kier alpha value is -1.08. The summed E-state index contributed by atoms with van der Waals surface area (Å²) in [6.07, 6.45) is -0.458. The maximum atomic E-state index is 11.7. The molecule has 0 aliphatic carbocycles. The molecular weight excluding hydrogens is 421 g/mol. The van der Waals surface area contributed by atoms with Crippen molar-refractivity contribution in [2.24, 2.45) is 0 Å². The number of halogens is 2. The van der Waals surface area contributed by atoms with E-state index >= 15 is 0 Å². The van der Waals surface area contributed by atoms with Gasteiger partial charge in [0, 0.05) is 4.47 Å². The number of hydrogen-bond acceptors (Lipinski definition) is 2. The summed E-state index contributed by atoms with van der Waals surface area (Å²) in [7, 11) is 0. The Morgan fingerprint density at radius 3 is 2.63 bits per heavy atom. The molecule has 0 saturated carbocycles. The van der Waals surface area contributed by atoms with Gasteiger partial charge in [-0.15, -0.1) is 0 Å². The monoisotopic (exact) mass is 431 g/mol. The summed E-state index contributed by atoms with van der Waals surface area (Å²) in [6, 6.07) is 15.2. The highest BCUT2D eigenvalue weighted by molar-refractivity contribution is 14.1. The average Bonchev–Trinajstić information content (AvgIpc) is 2.43. The molecule has 5 heteroatoms. The molecule has 0 aliphatic heterocycles. The smallest absolute Gasteiger partial charge is 0.411 e. The van der Waals surface area contributed by atoms with Gasteiger partial charge in [-0.25, -0.2) is 4.79 Å². The average molecular weight is 432 g/mol. The second-order valence-electron chi connectivity index (χ2n) is 3.79. The van der Waals surface area contributed by atoms with Crippen molar-refractivity contribution in [3.63, 3.8) is 0 Å². The summed E-state index contributed by atoms with van der Waals surface area (Å²) in [5, 5.41) is 2.72. The first-order valence-corrected chi connectivity index (χ1v) is 7.45. The SMILES string of the molecule is O=C(Nc1cccc(Br)c1I)OCc1ccccc1. The summed E-state index contributed by atoms with van der Waals surface area (Å²) in [5.41, 5.74) is 1.69. The van der Waals surface area contributed by atoms with Gasteiger partial charge in [0.05, 0.1) is 9.26 Å². The second-order valence-corrected chi connectivity index (χ2v) is 5.72. The summed E-state index contributed by atoms with van der Waals surface area (Å²) in [6.45, 7) is 0.261. The van der Waals surface area contributed by atoms with Gasteiger partial charge in [-0.05, 0) is 56.2 Å². The molecule has 19 heavy (non-hydrogen) atoms. The lowest BCUT2D eigenvalue weighted by Crippen LogP contribution is -2.14. The van der Waals surface area contributed by atoms with Crippen LogP contribution in [0, 0.1) is 3.57 Å². The molecule has 0 atom stereocenters. The maximum absolute atomic E-state index is 11.7. The Kier molecular flexibility index (Phi) is 5.21. The highest BCUT2D eigenvalue weighted by Gasteiger charge is 2.08. The van der Waals surface area contributed by atoms with Gasteiger partial charge < -0.3 is 4.74 Å². The van der Waals surface area contributed by atoms with E-state index in [1.807, 2.05) is 48.5 Å². The van der Waals surface area contributed by atoms with Crippen molar-refractivity contribution in [2.45, 2.75) is 6.61 Å². The number of carbonyl (C=O) groups excluding carboxylic acids is 1. The molecule has 98 valence electrons. The number of nitrogens with one attached hydrogen (secondary N) is 1. The molecule has 2 aromatic rings. The highest BCUT2D eigenvalue weighted by Crippen LogP contribution is 2.26. The van der Waals surface area contributed by atoms with Crippen LogP contribution in [-0.2, 0) is 11.3 Å². The number of rotatable bonds is 3. The van der Waals surface area contributed by atoms with Crippen LogP contribution in [0.2, 0.25) is 0 Å². The molecule has 1 N–H and O–H groups in total. The van der Waals surface area contributed by atoms with E-state index in [1.54, 1.807) is 0 Å². The number of anilines is 1. The molecule has 0 aliphatic rings. The Morgan fingerprint density at radius 2 is 1.89 bits per heavy atom. The molecule has 0 unspecified atom stereocenters. The van der Waals surface area contributed by atoms with Crippen molar-refractivity contribution in [1.29, 1.82) is 0 Å². The Morgan fingerprint density at radius 1 is 1.16 bits per heavy atom. The van der Waals surface area contributed by atoms with Crippen LogP contribution in [0.3, 0.4) is 0 Å². The van der Waals surface area contributed by atoms with Crippen LogP contribution in [-0.4, -0.2) is 6.09 Å². The van der Waals surface area contributed by atoms with Crippen molar-refractivity contribution >= 4 is 50.3 Å². The van der Waals surface area contributed by atoms with E-state index < -0.39 is 6.09 Å². The molecule has 0 bridgehead atoms. The van der Waals surface area contributed by atoms with Gasteiger partial charge >= 0.3 is 6.09 Å². The van der Waals surface area contributed by atoms with E-state index in [4.69, 9.17) is 4.74 Å². The van der Waals surface area contributed by atoms with Gasteiger partial charge in [0.2, 0.25) is 0 Å². The van der Waals surface area contributed by atoms with Crippen molar-refractivity contribution < 1.29 is 9.53 Å². The standard InChI is InChI=1S/C14H11BrINO2/c15-11-7-4-8-12(13(11)16)17-14(18)19-9-10-5-2-1-3-6-10/h1-8H,9H2,(H,17,18). The fourth-order valence-corrected chi connectivity index (χ4v) is 2.33. The quantitative estimate of drug-likeness (QED) is 0.708. The minimum absolute atomic E-state index is 0.261. The molecule has 2 aromatic carbocycles. The fraction of sp³-hybridized carbons (Fsp3) is 0.0714. The molecule has 0 fully saturated rings. The number of benzene rings is 2. The van der Waals surface area contributed by atoms with Gasteiger partial charge in [0.1, 0.15) is 6.61 Å². The third-order valence-corrected chi connectivity index (χ3v) is 4.97. The highest BCUT2D eigenvalue weighted by atomic mass is 127. The van der Waals surface area contributed by atoms with Crippen LogP contribution in [0.5, 0.6) is 0 Å². The van der Waals surface area contributed by atoms with Crippen LogP contribution >= 0.6 is 38.5 Å². The predicted octanol–water partition coefficient (Wildman–Crippen LogP) is 4.80. The minimum atomic E-state index is -0.458. The lowest BCUT2D eigenvalue weighted by molar-refractivity contribution is 0.155. The van der Waals surface area contributed by atoms with E-state index in [2.05, 4.69) is 43.8 Å². The van der Waals surface area contributed by atoms with E-state index in [1.165, 1.54) is 0 Å². The van der Waals surface area contributed by atoms with Gasteiger partial charge in [-0.1, -0.05) is 36.4 Å². The van der Waals surface area contributed by atoms with Crippen LogP contribution < -0.4 is 5.32 Å². The third kappa shape index (κ3) is 4.21. The molecule has 0 aromatic heterocycles. The topological polar surface area (TPSA) is 38.3 Å². The number of hydrogen-bond donors (Lipinski definition) is 1. The lowest BCUT2D eigenvalue weighted by atomic mass is 10.2. The molecule has 0 saturated heterocycles. The Bertz CT molecular complexity index is 575. The van der Waals surface area contributed by atoms with Gasteiger partial charge in [-0.3, -0.25) is 5.32 Å². The zero-order valence-electron chi connectivity index (χ0n) is 9.90. The van der Waals surface area contributed by atoms with Crippen LogP contribution in [0.4, 0.5) is 10.5 Å². The third-order valence-electron chi connectivity index (χ3n) is 2.40. The molecule has 1 amide bonds. The second kappa shape index (κ2) is 6.91. The van der Waals surface area contributed by atoms with Crippen LogP contribution in [0.1, 0.15) is 5.56 Å². The molecule has 0 radical (unpaired) electrons. The largest absolute Gasteiger partial charge is 0.444 e. The first-order chi connectivity index (χ1) is 9.16. The van der Waals surface area contributed by atoms with Crippen molar-refractivity contribution in [3.8, 4) is 0 Å². The Labute approximate surface area is 133 Å². The van der Waals surface area contributed by atoms with Gasteiger partial charge in [0.15, 0.2) is 0 Å². The van der Waals surface area contributed by atoms with E-state index in [-0.39, 0.29) is 6.61 Å².